The SMILES string of the molecule is CC1(C)O[C@H]2OC(COCc3ccccc3)C[C@H]2O1. The fourth-order valence-corrected chi connectivity index (χ4v) is 2.57. The molecular weight excluding hydrogens is 244 g/mol. The van der Waals surface area contributed by atoms with Gasteiger partial charge in [-0.05, 0) is 19.4 Å². The number of fused-ring (bicyclic) bond motifs is 1. The van der Waals surface area contributed by atoms with E-state index in [1.807, 2.05) is 32.0 Å². The Morgan fingerprint density at radius 2 is 2.00 bits per heavy atom. The van der Waals surface area contributed by atoms with E-state index in [0.717, 1.165) is 6.42 Å². The average Bonchev–Trinajstić information content (AvgIpc) is 2.83. The third-order valence-corrected chi connectivity index (χ3v) is 3.38. The van der Waals surface area contributed by atoms with E-state index in [4.69, 9.17) is 18.9 Å². The summed E-state index contributed by atoms with van der Waals surface area (Å²) in [6.07, 6.45) is 0.707. The summed E-state index contributed by atoms with van der Waals surface area (Å²) in [5.74, 6) is -0.523. The van der Waals surface area contributed by atoms with Crippen LogP contribution in [0.25, 0.3) is 0 Å². The van der Waals surface area contributed by atoms with Crippen LogP contribution < -0.4 is 0 Å². The molecule has 0 amide bonds. The Labute approximate surface area is 113 Å². The number of hydrogen-bond donors (Lipinski definition) is 0. The standard InChI is InChI=1S/C15H20O4/c1-15(2)18-13-8-12(17-14(13)19-15)10-16-9-11-6-4-3-5-7-11/h3-7,12-14H,8-10H2,1-2H3/t12?,13-,14-/m1/s1. The topological polar surface area (TPSA) is 36.9 Å². The van der Waals surface area contributed by atoms with Gasteiger partial charge in [0.1, 0.15) is 6.10 Å². The van der Waals surface area contributed by atoms with Crippen molar-refractivity contribution in [2.24, 2.45) is 0 Å². The average molecular weight is 264 g/mol. The van der Waals surface area contributed by atoms with Gasteiger partial charge in [-0.15, -0.1) is 0 Å². The molecule has 0 spiro atoms. The largest absolute Gasteiger partial charge is 0.374 e. The fraction of sp³-hybridized carbons (Fsp3) is 0.600. The molecule has 1 aromatic carbocycles. The first kappa shape index (κ1) is 13.1. The molecule has 2 aliphatic heterocycles. The van der Waals surface area contributed by atoms with Crippen molar-refractivity contribution in [2.45, 2.75) is 51.2 Å². The number of rotatable bonds is 4. The minimum absolute atomic E-state index is 0.0420. The van der Waals surface area contributed by atoms with Crippen LogP contribution in [0.4, 0.5) is 0 Å². The van der Waals surface area contributed by atoms with Crippen molar-refractivity contribution in [3.05, 3.63) is 35.9 Å². The predicted octanol–water partition coefficient (Wildman–Crippen LogP) is 2.47. The van der Waals surface area contributed by atoms with Crippen molar-refractivity contribution in [3.8, 4) is 0 Å². The summed E-state index contributed by atoms with van der Waals surface area (Å²) < 4.78 is 22.9. The van der Waals surface area contributed by atoms with Gasteiger partial charge in [-0.1, -0.05) is 30.3 Å². The van der Waals surface area contributed by atoms with Gasteiger partial charge < -0.3 is 18.9 Å². The van der Waals surface area contributed by atoms with Gasteiger partial charge in [0.05, 0.1) is 19.3 Å². The van der Waals surface area contributed by atoms with E-state index in [2.05, 4.69) is 12.1 Å². The minimum Gasteiger partial charge on any atom is -0.374 e. The first-order valence-electron chi connectivity index (χ1n) is 6.75. The smallest absolute Gasteiger partial charge is 0.187 e. The second-order valence-corrected chi connectivity index (χ2v) is 5.54. The van der Waals surface area contributed by atoms with Crippen molar-refractivity contribution in [2.75, 3.05) is 6.61 Å². The molecule has 0 saturated carbocycles. The molecule has 1 unspecified atom stereocenters. The maximum Gasteiger partial charge on any atom is 0.187 e. The molecule has 3 rings (SSSR count). The van der Waals surface area contributed by atoms with Gasteiger partial charge >= 0.3 is 0 Å². The lowest BCUT2D eigenvalue weighted by Gasteiger charge is -2.20. The van der Waals surface area contributed by atoms with Gasteiger partial charge in [0, 0.05) is 6.42 Å². The molecule has 19 heavy (non-hydrogen) atoms. The normalized spacial score (nSPS) is 32.4. The second-order valence-electron chi connectivity index (χ2n) is 5.54. The molecule has 1 aromatic rings. The molecular formula is C15H20O4. The first-order chi connectivity index (χ1) is 9.12. The fourth-order valence-electron chi connectivity index (χ4n) is 2.57. The van der Waals surface area contributed by atoms with E-state index >= 15 is 0 Å². The van der Waals surface area contributed by atoms with Crippen LogP contribution in [-0.4, -0.2) is 30.9 Å². The molecule has 0 aliphatic carbocycles. The summed E-state index contributed by atoms with van der Waals surface area (Å²) in [6, 6.07) is 10.1. The van der Waals surface area contributed by atoms with Crippen molar-refractivity contribution in [1.29, 1.82) is 0 Å². The van der Waals surface area contributed by atoms with Crippen molar-refractivity contribution in [1.82, 2.24) is 0 Å². The highest BCUT2D eigenvalue weighted by Gasteiger charge is 2.48. The molecule has 3 atom stereocenters. The molecule has 104 valence electrons. The molecule has 2 fully saturated rings. The van der Waals surface area contributed by atoms with E-state index in [-0.39, 0.29) is 18.5 Å². The molecule has 4 nitrogen and oxygen atoms in total. The first-order valence-corrected chi connectivity index (χ1v) is 6.75. The molecule has 2 aliphatic rings. The third kappa shape index (κ3) is 3.15. The van der Waals surface area contributed by atoms with Crippen molar-refractivity contribution in [3.63, 3.8) is 0 Å². The number of benzene rings is 1. The van der Waals surface area contributed by atoms with Crippen LogP contribution in [0.15, 0.2) is 30.3 Å². The molecule has 4 heteroatoms. The highest BCUT2D eigenvalue weighted by atomic mass is 16.8. The van der Waals surface area contributed by atoms with Gasteiger partial charge in [0.25, 0.3) is 0 Å². The van der Waals surface area contributed by atoms with E-state index in [1.165, 1.54) is 5.56 Å². The quantitative estimate of drug-likeness (QED) is 0.837. The molecule has 0 N–H and O–H groups in total. The second kappa shape index (κ2) is 5.21. The lowest BCUT2D eigenvalue weighted by molar-refractivity contribution is -0.209. The summed E-state index contributed by atoms with van der Waals surface area (Å²) in [5.41, 5.74) is 1.18. The molecule has 0 aromatic heterocycles. The monoisotopic (exact) mass is 264 g/mol. The van der Waals surface area contributed by atoms with Gasteiger partial charge in [0.2, 0.25) is 0 Å². The highest BCUT2D eigenvalue weighted by Crippen LogP contribution is 2.37. The molecule has 2 heterocycles. The van der Waals surface area contributed by atoms with Crippen molar-refractivity contribution < 1.29 is 18.9 Å². The van der Waals surface area contributed by atoms with Crippen LogP contribution >= 0.6 is 0 Å². The lowest BCUT2D eigenvalue weighted by atomic mass is 10.2. The van der Waals surface area contributed by atoms with Crippen molar-refractivity contribution >= 4 is 0 Å². The molecule has 0 bridgehead atoms. The van der Waals surface area contributed by atoms with E-state index in [1.54, 1.807) is 0 Å². The van der Waals surface area contributed by atoms with Gasteiger partial charge in [0.15, 0.2) is 12.1 Å². The Bertz CT molecular complexity index is 401. The maximum absolute atomic E-state index is 5.79. The number of ether oxygens (including phenoxy) is 4. The Hall–Kier alpha value is -0.940. The van der Waals surface area contributed by atoms with E-state index in [0.29, 0.717) is 13.2 Å². The summed E-state index contributed by atoms with van der Waals surface area (Å²) in [4.78, 5) is 0. The van der Waals surface area contributed by atoms with Crippen LogP contribution in [0, 0.1) is 0 Å². The van der Waals surface area contributed by atoms with Gasteiger partial charge in [-0.2, -0.15) is 0 Å². The zero-order valence-corrected chi connectivity index (χ0v) is 11.4. The van der Waals surface area contributed by atoms with Crippen LogP contribution in [-0.2, 0) is 25.6 Å². The summed E-state index contributed by atoms with van der Waals surface area (Å²) in [6.45, 7) is 5.02. The maximum atomic E-state index is 5.79. The van der Waals surface area contributed by atoms with Gasteiger partial charge in [-0.3, -0.25) is 0 Å². The van der Waals surface area contributed by atoms with E-state index in [9.17, 15) is 0 Å². The Balaban J connectivity index is 1.42. The zero-order chi connectivity index (χ0) is 13.3. The van der Waals surface area contributed by atoms with Gasteiger partial charge in [-0.25, -0.2) is 0 Å². The summed E-state index contributed by atoms with van der Waals surface area (Å²) >= 11 is 0. The van der Waals surface area contributed by atoms with Crippen LogP contribution in [0.1, 0.15) is 25.8 Å². The Morgan fingerprint density at radius 1 is 1.21 bits per heavy atom. The van der Waals surface area contributed by atoms with E-state index < -0.39 is 5.79 Å². The molecule has 2 saturated heterocycles. The van der Waals surface area contributed by atoms with Crippen LogP contribution in [0.5, 0.6) is 0 Å². The minimum atomic E-state index is -0.523. The highest BCUT2D eigenvalue weighted by molar-refractivity contribution is 5.13. The summed E-state index contributed by atoms with van der Waals surface area (Å²) in [5, 5.41) is 0. The lowest BCUT2D eigenvalue weighted by Crippen LogP contribution is -2.26. The van der Waals surface area contributed by atoms with Crippen LogP contribution in [0.3, 0.4) is 0 Å². The summed E-state index contributed by atoms with van der Waals surface area (Å²) in [7, 11) is 0. The molecule has 0 radical (unpaired) electrons. The van der Waals surface area contributed by atoms with Crippen LogP contribution in [0.2, 0.25) is 0 Å². The Morgan fingerprint density at radius 3 is 2.74 bits per heavy atom. The Kier molecular flexibility index (Phi) is 3.58. The third-order valence-electron chi connectivity index (χ3n) is 3.38. The number of hydrogen-bond acceptors (Lipinski definition) is 4. The zero-order valence-electron chi connectivity index (χ0n) is 11.4. The predicted molar refractivity (Wildman–Crippen MR) is 69.4 cm³/mol.